The van der Waals surface area contributed by atoms with E-state index in [4.69, 9.17) is 4.74 Å². The topological polar surface area (TPSA) is 26.3 Å². The van der Waals surface area contributed by atoms with Crippen LogP contribution in [0, 0.1) is 0 Å². The van der Waals surface area contributed by atoms with Gasteiger partial charge in [0.2, 0.25) is 0 Å². The quantitative estimate of drug-likeness (QED) is 0.378. The number of hydrogen-bond donors (Lipinski definition) is 0. The Bertz CT molecular complexity index is 190. The fourth-order valence-corrected chi connectivity index (χ4v) is 2.17. The van der Waals surface area contributed by atoms with Gasteiger partial charge in [0.25, 0.3) is 0 Å². The Kier molecular flexibility index (Phi) is 15.4. The van der Waals surface area contributed by atoms with Gasteiger partial charge >= 0.3 is 0 Å². The Morgan fingerprint density at radius 2 is 1.26 bits per heavy atom. The Morgan fingerprint density at radius 3 is 1.89 bits per heavy atom. The molecule has 0 radical (unpaired) electrons. The molecule has 0 rings (SSSR count). The molecule has 0 aliphatic heterocycles. The zero-order chi connectivity index (χ0) is 14.2. The molecule has 19 heavy (non-hydrogen) atoms. The largest absolute Gasteiger partial charge is 0.374 e. The molecule has 2 heteroatoms. The summed E-state index contributed by atoms with van der Waals surface area (Å²) in [6.45, 7) is 5.53. The number of rotatable bonds is 15. The highest BCUT2D eigenvalue weighted by molar-refractivity contribution is 5.79. The third kappa shape index (κ3) is 15.6. The average Bonchev–Trinajstić information content (AvgIpc) is 2.41. The van der Waals surface area contributed by atoms with Crippen LogP contribution in [0.2, 0.25) is 0 Å². The second-order valence-corrected chi connectivity index (χ2v) is 5.52. The van der Waals surface area contributed by atoms with Crippen molar-refractivity contribution in [3.05, 3.63) is 0 Å². The second-order valence-electron chi connectivity index (χ2n) is 5.52. The van der Waals surface area contributed by atoms with Gasteiger partial charge in [-0.1, -0.05) is 71.6 Å². The molecule has 0 atom stereocenters. The molecule has 0 aliphatic rings. The highest BCUT2D eigenvalue weighted by Gasteiger charge is 2.01. The molecule has 0 aromatic carbocycles. The van der Waals surface area contributed by atoms with Gasteiger partial charge in [-0.25, -0.2) is 0 Å². The molecule has 0 aliphatic carbocycles. The van der Waals surface area contributed by atoms with Crippen LogP contribution in [0.5, 0.6) is 0 Å². The summed E-state index contributed by atoms with van der Waals surface area (Å²) >= 11 is 0. The Balaban J connectivity index is 3.13. The van der Waals surface area contributed by atoms with Crippen LogP contribution >= 0.6 is 0 Å². The van der Waals surface area contributed by atoms with Gasteiger partial charge in [0.05, 0.1) is 0 Å². The monoisotopic (exact) mass is 270 g/mol. The Morgan fingerprint density at radius 1 is 0.737 bits per heavy atom. The van der Waals surface area contributed by atoms with Crippen molar-refractivity contribution in [1.82, 2.24) is 0 Å². The van der Waals surface area contributed by atoms with Crippen molar-refractivity contribution in [2.75, 3.05) is 13.2 Å². The predicted octanol–water partition coefficient (Wildman–Crippen LogP) is 5.29. The third-order valence-corrected chi connectivity index (χ3v) is 3.46. The van der Waals surface area contributed by atoms with Crippen molar-refractivity contribution in [3.63, 3.8) is 0 Å². The standard InChI is InChI=1S/C17H34O2/c1-3-5-7-9-10-11-12-14-17(18)16-19-15-13-8-6-4-2/h3-16H2,1-2H3. The number of carbonyl (C=O) groups excluding carboxylic acids is 1. The first kappa shape index (κ1) is 18.6. The summed E-state index contributed by atoms with van der Waals surface area (Å²) in [4.78, 5) is 11.5. The SMILES string of the molecule is CCCCCCCCCC(=O)COCCCCCC. The van der Waals surface area contributed by atoms with E-state index in [0.717, 1.165) is 19.4 Å². The molecule has 0 saturated heterocycles. The molecule has 0 heterocycles. The van der Waals surface area contributed by atoms with Crippen LogP contribution in [-0.2, 0) is 9.53 Å². The second kappa shape index (κ2) is 15.7. The Hall–Kier alpha value is -0.370. The fourth-order valence-electron chi connectivity index (χ4n) is 2.17. The maximum atomic E-state index is 11.5. The summed E-state index contributed by atoms with van der Waals surface area (Å²) in [5, 5.41) is 0. The highest BCUT2D eigenvalue weighted by Crippen LogP contribution is 2.08. The van der Waals surface area contributed by atoms with E-state index in [0.29, 0.717) is 13.0 Å². The highest BCUT2D eigenvalue weighted by atomic mass is 16.5. The fraction of sp³-hybridized carbons (Fsp3) is 0.941. The van der Waals surface area contributed by atoms with Crippen molar-refractivity contribution in [3.8, 4) is 0 Å². The molecular weight excluding hydrogens is 236 g/mol. The van der Waals surface area contributed by atoms with E-state index in [1.54, 1.807) is 0 Å². The molecule has 2 nitrogen and oxygen atoms in total. The van der Waals surface area contributed by atoms with Crippen LogP contribution in [0.4, 0.5) is 0 Å². The number of Topliss-reactive ketones (excluding diaryl/α,β-unsaturated/α-hetero) is 1. The van der Waals surface area contributed by atoms with Crippen molar-refractivity contribution >= 4 is 5.78 Å². The minimum absolute atomic E-state index is 0.282. The molecule has 0 fully saturated rings. The third-order valence-electron chi connectivity index (χ3n) is 3.46. The number of hydrogen-bond acceptors (Lipinski definition) is 2. The van der Waals surface area contributed by atoms with E-state index < -0.39 is 0 Å². The summed E-state index contributed by atoms with van der Waals surface area (Å²) < 4.78 is 5.40. The summed E-state index contributed by atoms with van der Waals surface area (Å²) in [7, 11) is 0. The number of ketones is 1. The van der Waals surface area contributed by atoms with Gasteiger partial charge in [-0.2, -0.15) is 0 Å². The van der Waals surface area contributed by atoms with E-state index in [-0.39, 0.29) is 5.78 Å². The minimum Gasteiger partial charge on any atom is -0.374 e. The van der Waals surface area contributed by atoms with E-state index >= 15 is 0 Å². The van der Waals surface area contributed by atoms with Crippen LogP contribution in [0.1, 0.15) is 90.9 Å². The zero-order valence-corrected chi connectivity index (χ0v) is 13.2. The van der Waals surface area contributed by atoms with Gasteiger partial charge in [-0.15, -0.1) is 0 Å². The van der Waals surface area contributed by atoms with E-state index in [9.17, 15) is 4.79 Å². The van der Waals surface area contributed by atoms with Gasteiger partial charge in [0.15, 0.2) is 5.78 Å². The maximum absolute atomic E-state index is 11.5. The average molecular weight is 270 g/mol. The van der Waals surface area contributed by atoms with Crippen LogP contribution in [-0.4, -0.2) is 19.0 Å². The van der Waals surface area contributed by atoms with Crippen LogP contribution in [0.3, 0.4) is 0 Å². The first-order valence-electron chi connectivity index (χ1n) is 8.40. The van der Waals surface area contributed by atoms with E-state index in [1.165, 1.54) is 57.8 Å². The molecular formula is C17H34O2. The van der Waals surface area contributed by atoms with Gasteiger partial charge in [0, 0.05) is 13.0 Å². The van der Waals surface area contributed by atoms with Gasteiger partial charge in [-0.3, -0.25) is 4.79 Å². The minimum atomic E-state index is 0.282. The van der Waals surface area contributed by atoms with Crippen molar-refractivity contribution < 1.29 is 9.53 Å². The molecule has 0 aromatic heterocycles. The molecule has 0 saturated carbocycles. The maximum Gasteiger partial charge on any atom is 0.158 e. The van der Waals surface area contributed by atoms with Crippen molar-refractivity contribution in [2.45, 2.75) is 90.9 Å². The van der Waals surface area contributed by atoms with Crippen molar-refractivity contribution in [2.24, 2.45) is 0 Å². The number of ether oxygens (including phenoxy) is 1. The lowest BCUT2D eigenvalue weighted by Crippen LogP contribution is -2.09. The molecule has 0 spiro atoms. The van der Waals surface area contributed by atoms with Crippen LogP contribution in [0.25, 0.3) is 0 Å². The summed E-state index contributed by atoms with van der Waals surface area (Å²) in [5.41, 5.74) is 0. The first-order chi connectivity index (χ1) is 9.31. The molecule has 0 unspecified atom stereocenters. The predicted molar refractivity (Wildman–Crippen MR) is 82.6 cm³/mol. The normalized spacial score (nSPS) is 10.8. The van der Waals surface area contributed by atoms with Gasteiger partial charge in [0.1, 0.15) is 6.61 Å². The molecule has 0 aromatic rings. The lowest BCUT2D eigenvalue weighted by atomic mass is 10.1. The van der Waals surface area contributed by atoms with Crippen LogP contribution in [0.15, 0.2) is 0 Å². The Labute approximate surface area is 120 Å². The van der Waals surface area contributed by atoms with Gasteiger partial charge < -0.3 is 4.74 Å². The lowest BCUT2D eigenvalue weighted by molar-refractivity contribution is -0.123. The van der Waals surface area contributed by atoms with Crippen LogP contribution < -0.4 is 0 Å². The number of unbranched alkanes of at least 4 members (excludes halogenated alkanes) is 9. The zero-order valence-electron chi connectivity index (χ0n) is 13.2. The molecule has 0 bridgehead atoms. The van der Waals surface area contributed by atoms with E-state index in [2.05, 4.69) is 13.8 Å². The number of carbonyl (C=O) groups is 1. The smallest absolute Gasteiger partial charge is 0.158 e. The summed E-state index contributed by atoms with van der Waals surface area (Å²) in [6, 6.07) is 0. The molecule has 0 amide bonds. The first-order valence-corrected chi connectivity index (χ1v) is 8.40. The summed E-state index contributed by atoms with van der Waals surface area (Å²) in [5.74, 6) is 0.282. The summed E-state index contributed by atoms with van der Waals surface area (Å²) in [6.07, 6.45) is 14.4. The van der Waals surface area contributed by atoms with E-state index in [1.807, 2.05) is 0 Å². The van der Waals surface area contributed by atoms with Gasteiger partial charge in [-0.05, 0) is 12.8 Å². The molecule has 0 N–H and O–H groups in total. The van der Waals surface area contributed by atoms with Crippen molar-refractivity contribution in [1.29, 1.82) is 0 Å². The molecule has 114 valence electrons. The lowest BCUT2D eigenvalue weighted by Gasteiger charge is -2.04.